The first-order chi connectivity index (χ1) is 11.1. The van der Waals surface area contributed by atoms with Gasteiger partial charge in [0.2, 0.25) is 0 Å². The summed E-state index contributed by atoms with van der Waals surface area (Å²) in [5, 5.41) is 3.43. The molecule has 0 fully saturated rings. The van der Waals surface area contributed by atoms with Crippen molar-refractivity contribution >= 4 is 17.3 Å². The number of aromatic nitrogens is 1. The molecule has 0 atom stereocenters. The highest BCUT2D eigenvalue weighted by Gasteiger charge is 2.13. The Bertz CT molecular complexity index is 678. The summed E-state index contributed by atoms with van der Waals surface area (Å²) in [6.45, 7) is 9.59. The summed E-state index contributed by atoms with van der Waals surface area (Å²) in [5.41, 5.74) is 5.00. The minimum Gasteiger partial charge on any atom is -0.354 e. The zero-order valence-electron chi connectivity index (χ0n) is 14.4. The fourth-order valence-electron chi connectivity index (χ4n) is 2.67. The van der Waals surface area contributed by atoms with Crippen molar-refractivity contribution < 1.29 is 4.79 Å². The van der Waals surface area contributed by atoms with Gasteiger partial charge in [0.1, 0.15) is 0 Å². The highest BCUT2D eigenvalue weighted by molar-refractivity contribution is 5.95. The van der Waals surface area contributed by atoms with Crippen molar-refractivity contribution in [3.8, 4) is 0 Å². The molecule has 1 aromatic heterocycles. The Labute approximate surface area is 138 Å². The molecular formula is C19H25N3O. The largest absolute Gasteiger partial charge is 0.354 e. The van der Waals surface area contributed by atoms with E-state index in [1.165, 1.54) is 11.1 Å². The molecule has 2 rings (SSSR count). The SMILES string of the molecule is CCc1cccc(C)c1Nc1cncc(C(=O)N(CC)CC)c1. The second-order valence-electron chi connectivity index (χ2n) is 5.53. The van der Waals surface area contributed by atoms with E-state index < -0.39 is 0 Å². The Balaban J connectivity index is 2.29. The van der Waals surface area contributed by atoms with E-state index in [-0.39, 0.29) is 5.91 Å². The van der Waals surface area contributed by atoms with Crippen molar-refractivity contribution in [2.75, 3.05) is 18.4 Å². The van der Waals surface area contributed by atoms with Crippen LogP contribution < -0.4 is 5.32 Å². The van der Waals surface area contributed by atoms with Crippen LogP contribution in [0.4, 0.5) is 11.4 Å². The second kappa shape index (κ2) is 7.77. The number of benzene rings is 1. The number of rotatable bonds is 6. The maximum Gasteiger partial charge on any atom is 0.255 e. The third-order valence-electron chi connectivity index (χ3n) is 4.05. The van der Waals surface area contributed by atoms with Crippen molar-refractivity contribution in [3.05, 3.63) is 53.3 Å². The second-order valence-corrected chi connectivity index (χ2v) is 5.53. The fraction of sp³-hybridized carbons (Fsp3) is 0.368. The molecule has 4 nitrogen and oxygen atoms in total. The summed E-state index contributed by atoms with van der Waals surface area (Å²) < 4.78 is 0. The lowest BCUT2D eigenvalue weighted by Crippen LogP contribution is -2.30. The minimum absolute atomic E-state index is 0.0200. The number of anilines is 2. The van der Waals surface area contributed by atoms with Crippen LogP contribution in [0, 0.1) is 6.92 Å². The average Bonchev–Trinajstić information content (AvgIpc) is 2.58. The summed E-state index contributed by atoms with van der Waals surface area (Å²) in [5.74, 6) is 0.0200. The molecule has 0 saturated carbocycles. The van der Waals surface area contributed by atoms with Crippen molar-refractivity contribution in [3.63, 3.8) is 0 Å². The predicted octanol–water partition coefficient (Wildman–Crippen LogP) is 4.18. The van der Waals surface area contributed by atoms with Crippen molar-refractivity contribution in [1.29, 1.82) is 0 Å². The van der Waals surface area contributed by atoms with Crippen molar-refractivity contribution in [1.82, 2.24) is 9.88 Å². The summed E-state index contributed by atoms with van der Waals surface area (Å²) in [6.07, 6.45) is 4.34. The zero-order valence-corrected chi connectivity index (χ0v) is 14.4. The summed E-state index contributed by atoms with van der Waals surface area (Å²) in [4.78, 5) is 18.5. The van der Waals surface area contributed by atoms with Gasteiger partial charge < -0.3 is 10.2 Å². The van der Waals surface area contributed by atoms with Crippen LogP contribution >= 0.6 is 0 Å². The van der Waals surface area contributed by atoms with Gasteiger partial charge in [0.25, 0.3) is 5.91 Å². The number of hydrogen-bond acceptors (Lipinski definition) is 3. The first-order valence-electron chi connectivity index (χ1n) is 8.20. The molecule has 0 bridgehead atoms. The number of para-hydroxylation sites is 1. The third kappa shape index (κ3) is 3.89. The number of amides is 1. The lowest BCUT2D eigenvalue weighted by molar-refractivity contribution is 0.0772. The van der Waals surface area contributed by atoms with E-state index in [1.807, 2.05) is 19.9 Å². The predicted molar refractivity (Wildman–Crippen MR) is 95.3 cm³/mol. The number of carbonyl (C=O) groups is 1. The normalized spacial score (nSPS) is 10.4. The molecule has 0 spiro atoms. The number of nitrogens with zero attached hydrogens (tertiary/aromatic N) is 2. The van der Waals surface area contributed by atoms with Gasteiger partial charge in [0.15, 0.2) is 0 Å². The molecule has 1 aromatic carbocycles. The van der Waals surface area contributed by atoms with Gasteiger partial charge >= 0.3 is 0 Å². The van der Waals surface area contributed by atoms with E-state index >= 15 is 0 Å². The number of nitrogens with one attached hydrogen (secondary N) is 1. The average molecular weight is 311 g/mol. The highest BCUT2D eigenvalue weighted by Crippen LogP contribution is 2.25. The van der Waals surface area contributed by atoms with Crippen LogP contribution in [0.15, 0.2) is 36.7 Å². The quantitative estimate of drug-likeness (QED) is 0.870. The maximum atomic E-state index is 12.5. The third-order valence-corrected chi connectivity index (χ3v) is 4.05. The van der Waals surface area contributed by atoms with Crippen LogP contribution in [-0.4, -0.2) is 28.9 Å². The van der Waals surface area contributed by atoms with E-state index in [4.69, 9.17) is 0 Å². The van der Waals surface area contributed by atoms with E-state index in [0.717, 1.165) is 17.8 Å². The minimum atomic E-state index is 0.0200. The Kier molecular flexibility index (Phi) is 5.74. The van der Waals surface area contributed by atoms with Gasteiger partial charge in [-0.15, -0.1) is 0 Å². The van der Waals surface area contributed by atoms with Crippen LogP contribution in [0.5, 0.6) is 0 Å². The van der Waals surface area contributed by atoms with Crippen molar-refractivity contribution in [2.24, 2.45) is 0 Å². The molecule has 4 heteroatoms. The monoisotopic (exact) mass is 311 g/mol. The van der Waals surface area contributed by atoms with E-state index in [1.54, 1.807) is 17.3 Å². The van der Waals surface area contributed by atoms with Crippen molar-refractivity contribution in [2.45, 2.75) is 34.1 Å². The van der Waals surface area contributed by atoms with E-state index in [2.05, 4.69) is 42.3 Å². The van der Waals surface area contributed by atoms with Crippen LogP contribution in [-0.2, 0) is 6.42 Å². The molecule has 0 aliphatic rings. The Morgan fingerprint density at radius 2 is 1.91 bits per heavy atom. The number of hydrogen-bond donors (Lipinski definition) is 1. The Morgan fingerprint density at radius 1 is 1.17 bits per heavy atom. The summed E-state index contributed by atoms with van der Waals surface area (Å²) >= 11 is 0. The number of aryl methyl sites for hydroxylation is 2. The van der Waals surface area contributed by atoms with Gasteiger partial charge in [-0.05, 0) is 44.4 Å². The fourth-order valence-corrected chi connectivity index (χ4v) is 2.67. The number of carbonyl (C=O) groups excluding carboxylic acids is 1. The maximum absolute atomic E-state index is 12.5. The molecule has 23 heavy (non-hydrogen) atoms. The molecule has 1 amide bonds. The molecule has 0 unspecified atom stereocenters. The smallest absolute Gasteiger partial charge is 0.255 e. The lowest BCUT2D eigenvalue weighted by atomic mass is 10.1. The molecule has 122 valence electrons. The van der Waals surface area contributed by atoms with Gasteiger partial charge in [-0.3, -0.25) is 9.78 Å². The molecule has 1 heterocycles. The molecule has 1 N–H and O–H groups in total. The van der Waals surface area contributed by atoms with Crippen LogP contribution in [0.2, 0.25) is 0 Å². The molecule has 0 aliphatic heterocycles. The molecular weight excluding hydrogens is 286 g/mol. The van der Waals surface area contributed by atoms with Gasteiger partial charge in [-0.25, -0.2) is 0 Å². The molecule has 0 radical (unpaired) electrons. The molecule has 0 aliphatic carbocycles. The first kappa shape index (κ1) is 17.0. The van der Waals surface area contributed by atoms with Gasteiger partial charge in [0, 0.05) is 25.0 Å². The Morgan fingerprint density at radius 3 is 2.57 bits per heavy atom. The highest BCUT2D eigenvalue weighted by atomic mass is 16.2. The lowest BCUT2D eigenvalue weighted by Gasteiger charge is -2.19. The van der Waals surface area contributed by atoms with Gasteiger partial charge in [-0.2, -0.15) is 0 Å². The van der Waals surface area contributed by atoms with Gasteiger partial charge in [0.05, 0.1) is 17.4 Å². The van der Waals surface area contributed by atoms with Gasteiger partial charge in [-0.1, -0.05) is 25.1 Å². The van der Waals surface area contributed by atoms with E-state index in [0.29, 0.717) is 18.7 Å². The molecule has 2 aromatic rings. The summed E-state index contributed by atoms with van der Waals surface area (Å²) in [7, 11) is 0. The number of pyridine rings is 1. The topological polar surface area (TPSA) is 45.2 Å². The van der Waals surface area contributed by atoms with Crippen LogP contribution in [0.1, 0.15) is 42.3 Å². The standard InChI is InChI=1S/C19H25N3O/c1-5-15-10-8-9-14(4)18(15)21-17-11-16(12-20-13-17)19(23)22(6-2)7-3/h8-13,21H,5-7H2,1-4H3. The zero-order chi connectivity index (χ0) is 16.8. The molecule has 0 saturated heterocycles. The Hall–Kier alpha value is -2.36. The first-order valence-corrected chi connectivity index (χ1v) is 8.20. The van der Waals surface area contributed by atoms with Crippen LogP contribution in [0.3, 0.4) is 0 Å². The van der Waals surface area contributed by atoms with Crippen LogP contribution in [0.25, 0.3) is 0 Å². The van der Waals surface area contributed by atoms with E-state index in [9.17, 15) is 4.79 Å². The summed E-state index contributed by atoms with van der Waals surface area (Å²) in [6, 6.07) is 8.14.